The van der Waals surface area contributed by atoms with E-state index in [1.807, 2.05) is 12.1 Å². The van der Waals surface area contributed by atoms with E-state index in [1.54, 1.807) is 6.26 Å². The van der Waals surface area contributed by atoms with E-state index >= 15 is 0 Å². The number of nitrogens with one attached hydrogen (secondary N) is 1. The zero-order valence-electron chi connectivity index (χ0n) is 7.53. The first-order valence-corrected chi connectivity index (χ1v) is 4.54. The van der Waals surface area contributed by atoms with Crippen LogP contribution in [0.2, 0.25) is 0 Å². The summed E-state index contributed by atoms with van der Waals surface area (Å²) in [5.74, 6) is 0.964. The highest BCUT2D eigenvalue weighted by molar-refractivity contribution is 4.97. The highest BCUT2D eigenvalue weighted by atomic mass is 16.5. The third-order valence-electron chi connectivity index (χ3n) is 2.07. The van der Waals surface area contributed by atoms with E-state index < -0.39 is 0 Å². The summed E-state index contributed by atoms with van der Waals surface area (Å²) >= 11 is 0. The predicted octanol–water partition coefficient (Wildman–Crippen LogP) is 0.616. The second kappa shape index (κ2) is 4.41. The van der Waals surface area contributed by atoms with Crippen molar-refractivity contribution in [3.63, 3.8) is 0 Å². The summed E-state index contributed by atoms with van der Waals surface area (Å²) in [6.45, 7) is 4.27. The van der Waals surface area contributed by atoms with E-state index in [0.717, 1.165) is 38.6 Å². The molecule has 0 aromatic carbocycles. The van der Waals surface area contributed by atoms with Gasteiger partial charge >= 0.3 is 0 Å². The normalized spacial score (nSPS) is 19.1. The van der Waals surface area contributed by atoms with Crippen LogP contribution < -0.4 is 5.43 Å². The van der Waals surface area contributed by atoms with Gasteiger partial charge in [-0.3, -0.25) is 0 Å². The first-order valence-electron chi connectivity index (χ1n) is 4.54. The molecule has 0 aliphatic carbocycles. The number of nitrogens with zero attached hydrogens (tertiary/aromatic N) is 1. The SMILES string of the molecule is c1coc(CNN2CCOCC2)c1. The van der Waals surface area contributed by atoms with Crippen molar-refractivity contribution in [3.8, 4) is 0 Å². The van der Waals surface area contributed by atoms with Crippen LogP contribution in [0.15, 0.2) is 22.8 Å². The van der Waals surface area contributed by atoms with Gasteiger partial charge in [-0.1, -0.05) is 0 Å². The lowest BCUT2D eigenvalue weighted by atomic mass is 10.4. The molecule has 0 radical (unpaired) electrons. The van der Waals surface area contributed by atoms with Crippen molar-refractivity contribution in [2.24, 2.45) is 0 Å². The molecule has 1 aromatic heterocycles. The van der Waals surface area contributed by atoms with E-state index in [2.05, 4.69) is 10.4 Å². The highest BCUT2D eigenvalue weighted by Crippen LogP contribution is 2.00. The maximum absolute atomic E-state index is 5.23. The molecule has 13 heavy (non-hydrogen) atoms. The molecule has 0 amide bonds. The molecule has 1 aromatic rings. The minimum Gasteiger partial charge on any atom is -0.468 e. The summed E-state index contributed by atoms with van der Waals surface area (Å²) in [7, 11) is 0. The zero-order chi connectivity index (χ0) is 8.93. The zero-order valence-corrected chi connectivity index (χ0v) is 7.53. The maximum atomic E-state index is 5.23. The van der Waals surface area contributed by atoms with Crippen LogP contribution in [-0.4, -0.2) is 31.3 Å². The smallest absolute Gasteiger partial charge is 0.118 e. The molecule has 1 N–H and O–H groups in total. The largest absolute Gasteiger partial charge is 0.468 e. The summed E-state index contributed by atoms with van der Waals surface area (Å²) in [5.41, 5.74) is 3.28. The fraction of sp³-hybridized carbons (Fsp3) is 0.556. The van der Waals surface area contributed by atoms with Crippen molar-refractivity contribution >= 4 is 0 Å². The third kappa shape index (κ3) is 2.55. The number of furan rings is 1. The summed E-state index contributed by atoms with van der Waals surface area (Å²) in [6.07, 6.45) is 1.69. The summed E-state index contributed by atoms with van der Waals surface area (Å²) in [6, 6.07) is 3.86. The molecule has 0 saturated carbocycles. The van der Waals surface area contributed by atoms with Crippen LogP contribution in [0.5, 0.6) is 0 Å². The van der Waals surface area contributed by atoms with E-state index in [-0.39, 0.29) is 0 Å². The minimum atomic E-state index is 0.757. The molecular weight excluding hydrogens is 168 g/mol. The van der Waals surface area contributed by atoms with Gasteiger partial charge in [0.05, 0.1) is 26.0 Å². The van der Waals surface area contributed by atoms with Crippen LogP contribution in [0.1, 0.15) is 5.76 Å². The molecular formula is C9H14N2O2. The maximum Gasteiger partial charge on any atom is 0.118 e. The first kappa shape index (κ1) is 8.74. The van der Waals surface area contributed by atoms with Crippen LogP contribution in [0, 0.1) is 0 Å². The molecule has 4 heteroatoms. The molecule has 0 bridgehead atoms. The number of rotatable bonds is 3. The second-order valence-corrected chi connectivity index (χ2v) is 3.01. The van der Waals surface area contributed by atoms with Gasteiger partial charge < -0.3 is 9.15 Å². The Labute approximate surface area is 77.4 Å². The molecule has 2 rings (SSSR count). The Kier molecular flexibility index (Phi) is 2.97. The number of morpholine rings is 1. The average Bonchev–Trinajstić information content (AvgIpc) is 2.69. The Balaban J connectivity index is 1.72. The van der Waals surface area contributed by atoms with Gasteiger partial charge in [0, 0.05) is 13.1 Å². The lowest BCUT2D eigenvalue weighted by Crippen LogP contribution is -2.45. The summed E-state index contributed by atoms with van der Waals surface area (Å²) < 4.78 is 10.4. The van der Waals surface area contributed by atoms with Gasteiger partial charge in [-0.2, -0.15) is 0 Å². The Hall–Kier alpha value is -0.840. The minimum absolute atomic E-state index is 0.757. The predicted molar refractivity (Wildman–Crippen MR) is 47.9 cm³/mol. The van der Waals surface area contributed by atoms with Crippen LogP contribution in [0.3, 0.4) is 0 Å². The van der Waals surface area contributed by atoms with E-state index in [9.17, 15) is 0 Å². The molecule has 0 spiro atoms. The molecule has 0 atom stereocenters. The van der Waals surface area contributed by atoms with Crippen molar-refractivity contribution < 1.29 is 9.15 Å². The first-order chi connectivity index (χ1) is 6.45. The number of hydrogen-bond acceptors (Lipinski definition) is 4. The van der Waals surface area contributed by atoms with Crippen LogP contribution in [0.25, 0.3) is 0 Å². The van der Waals surface area contributed by atoms with Gasteiger partial charge in [-0.05, 0) is 12.1 Å². The number of hydrogen-bond donors (Lipinski definition) is 1. The second-order valence-electron chi connectivity index (χ2n) is 3.01. The fourth-order valence-corrected chi connectivity index (χ4v) is 1.32. The highest BCUT2D eigenvalue weighted by Gasteiger charge is 2.09. The van der Waals surface area contributed by atoms with Gasteiger partial charge in [0.25, 0.3) is 0 Å². The topological polar surface area (TPSA) is 37.6 Å². The number of ether oxygens (including phenoxy) is 1. The molecule has 2 heterocycles. The molecule has 1 fully saturated rings. The van der Waals surface area contributed by atoms with Gasteiger partial charge in [0.1, 0.15) is 5.76 Å². The molecule has 72 valence electrons. The summed E-state index contributed by atoms with van der Waals surface area (Å²) in [4.78, 5) is 0. The van der Waals surface area contributed by atoms with Crippen LogP contribution >= 0.6 is 0 Å². The Morgan fingerprint density at radius 1 is 1.38 bits per heavy atom. The fourth-order valence-electron chi connectivity index (χ4n) is 1.32. The number of hydrazine groups is 1. The monoisotopic (exact) mass is 182 g/mol. The van der Waals surface area contributed by atoms with Crippen molar-refractivity contribution in [2.45, 2.75) is 6.54 Å². The van der Waals surface area contributed by atoms with Crippen LogP contribution in [0.4, 0.5) is 0 Å². The van der Waals surface area contributed by atoms with Crippen LogP contribution in [-0.2, 0) is 11.3 Å². The standard InChI is InChI=1S/C9H14N2O2/c1-2-9(13-5-1)8-10-11-3-6-12-7-4-11/h1-2,5,10H,3-4,6-8H2. The van der Waals surface area contributed by atoms with Gasteiger partial charge in [-0.15, -0.1) is 0 Å². The van der Waals surface area contributed by atoms with E-state index in [1.165, 1.54) is 0 Å². The van der Waals surface area contributed by atoms with Crippen molar-refractivity contribution in [1.82, 2.24) is 10.4 Å². The van der Waals surface area contributed by atoms with Crippen molar-refractivity contribution in [1.29, 1.82) is 0 Å². The Morgan fingerprint density at radius 3 is 2.92 bits per heavy atom. The van der Waals surface area contributed by atoms with Crippen molar-refractivity contribution in [2.75, 3.05) is 26.3 Å². The Morgan fingerprint density at radius 2 is 2.23 bits per heavy atom. The van der Waals surface area contributed by atoms with E-state index in [0.29, 0.717) is 0 Å². The Bertz CT molecular complexity index is 230. The lowest BCUT2D eigenvalue weighted by Gasteiger charge is -2.26. The molecule has 0 unspecified atom stereocenters. The lowest BCUT2D eigenvalue weighted by molar-refractivity contribution is 0.00945. The summed E-state index contributed by atoms with van der Waals surface area (Å²) in [5, 5.41) is 2.16. The van der Waals surface area contributed by atoms with Gasteiger partial charge in [0.15, 0.2) is 0 Å². The molecule has 1 aliphatic heterocycles. The van der Waals surface area contributed by atoms with Gasteiger partial charge in [-0.25, -0.2) is 10.4 Å². The van der Waals surface area contributed by atoms with E-state index in [4.69, 9.17) is 9.15 Å². The molecule has 4 nitrogen and oxygen atoms in total. The third-order valence-corrected chi connectivity index (χ3v) is 2.07. The van der Waals surface area contributed by atoms with Gasteiger partial charge in [0.2, 0.25) is 0 Å². The quantitative estimate of drug-likeness (QED) is 0.743. The molecule has 1 saturated heterocycles. The van der Waals surface area contributed by atoms with Crippen molar-refractivity contribution in [3.05, 3.63) is 24.2 Å². The average molecular weight is 182 g/mol. The molecule has 1 aliphatic rings.